The summed E-state index contributed by atoms with van der Waals surface area (Å²) in [5, 5.41) is 0. The number of hydrogen-bond acceptors (Lipinski definition) is 5. The molecule has 0 unspecified atom stereocenters. The molecule has 0 aliphatic carbocycles. The number of esters is 1. The van der Waals surface area contributed by atoms with Crippen LogP contribution in [0.3, 0.4) is 0 Å². The zero-order valence-corrected chi connectivity index (χ0v) is 8.58. The van der Waals surface area contributed by atoms with Crippen LogP contribution >= 0.6 is 0 Å². The van der Waals surface area contributed by atoms with Crippen LogP contribution in [0.1, 0.15) is 27.8 Å². The van der Waals surface area contributed by atoms with Gasteiger partial charge in [0, 0.05) is 12.4 Å². The predicted molar refractivity (Wildman–Crippen MR) is 54.3 cm³/mol. The molecule has 0 saturated heterocycles. The molecular formula is C10H9N3O3. The molecule has 0 saturated carbocycles. The van der Waals surface area contributed by atoms with E-state index in [0.717, 1.165) is 0 Å². The van der Waals surface area contributed by atoms with Gasteiger partial charge in [0.25, 0.3) is 0 Å². The second-order valence-electron chi connectivity index (χ2n) is 3.03. The second-order valence-corrected chi connectivity index (χ2v) is 3.03. The van der Waals surface area contributed by atoms with E-state index >= 15 is 0 Å². The van der Waals surface area contributed by atoms with Crippen LogP contribution in [0.25, 0.3) is 5.78 Å². The summed E-state index contributed by atoms with van der Waals surface area (Å²) in [5.41, 5.74) is 0.629. The van der Waals surface area contributed by atoms with Crippen molar-refractivity contribution in [2.24, 2.45) is 0 Å². The van der Waals surface area contributed by atoms with Crippen molar-refractivity contribution in [3.8, 4) is 0 Å². The second kappa shape index (κ2) is 4.09. The first-order valence-corrected chi connectivity index (χ1v) is 4.71. The van der Waals surface area contributed by atoms with Gasteiger partial charge in [-0.1, -0.05) is 0 Å². The molecule has 0 radical (unpaired) electrons. The highest BCUT2D eigenvalue weighted by molar-refractivity contribution is 5.89. The summed E-state index contributed by atoms with van der Waals surface area (Å²) >= 11 is 0. The Morgan fingerprint density at radius 2 is 2.25 bits per heavy atom. The van der Waals surface area contributed by atoms with Gasteiger partial charge in [-0.3, -0.25) is 9.20 Å². The summed E-state index contributed by atoms with van der Waals surface area (Å²) in [6, 6.07) is 0. The molecule has 0 aliphatic heterocycles. The van der Waals surface area contributed by atoms with Gasteiger partial charge < -0.3 is 4.74 Å². The number of carbonyl (C=O) groups excluding carboxylic acids is 2. The van der Waals surface area contributed by atoms with Gasteiger partial charge in [-0.05, 0) is 6.92 Å². The van der Waals surface area contributed by atoms with Gasteiger partial charge in [0.1, 0.15) is 5.69 Å². The Kier molecular flexibility index (Phi) is 2.63. The summed E-state index contributed by atoms with van der Waals surface area (Å²) in [4.78, 5) is 30.0. The number of aldehydes is 1. The lowest BCUT2D eigenvalue weighted by atomic mass is 10.3. The molecule has 0 N–H and O–H groups in total. The third-order valence-electron chi connectivity index (χ3n) is 2.03. The summed E-state index contributed by atoms with van der Waals surface area (Å²) < 4.78 is 6.27. The fraction of sp³-hybridized carbons (Fsp3) is 0.200. The molecule has 2 aromatic heterocycles. The predicted octanol–water partition coefficient (Wildman–Crippen LogP) is 0.719. The average molecular weight is 219 g/mol. The Bertz CT molecular complexity index is 547. The number of carbonyl (C=O) groups is 2. The zero-order chi connectivity index (χ0) is 11.5. The van der Waals surface area contributed by atoms with Crippen molar-refractivity contribution < 1.29 is 14.3 Å². The van der Waals surface area contributed by atoms with Crippen molar-refractivity contribution in [2.45, 2.75) is 6.92 Å². The monoisotopic (exact) mass is 219 g/mol. The summed E-state index contributed by atoms with van der Waals surface area (Å²) in [5.74, 6) is -0.0994. The standard InChI is InChI=1S/C10H9N3O3/c1-2-16-9(15)7-3-11-10-12-4-8(6-14)13(10)5-7/h3-6H,2H2,1H3. The lowest BCUT2D eigenvalue weighted by molar-refractivity contribution is 0.0525. The van der Waals surface area contributed by atoms with E-state index in [1.807, 2.05) is 0 Å². The molecule has 0 aliphatic rings. The topological polar surface area (TPSA) is 73.6 Å². The van der Waals surface area contributed by atoms with Crippen molar-refractivity contribution >= 4 is 18.0 Å². The van der Waals surface area contributed by atoms with Crippen molar-refractivity contribution in [3.05, 3.63) is 29.8 Å². The van der Waals surface area contributed by atoms with Crippen LogP contribution in [0, 0.1) is 0 Å². The average Bonchev–Trinajstić information content (AvgIpc) is 2.71. The third kappa shape index (κ3) is 1.65. The van der Waals surface area contributed by atoms with Gasteiger partial charge in [0.2, 0.25) is 5.78 Å². The van der Waals surface area contributed by atoms with Crippen LogP contribution < -0.4 is 0 Å². The molecule has 82 valence electrons. The quantitative estimate of drug-likeness (QED) is 0.561. The fourth-order valence-corrected chi connectivity index (χ4v) is 1.30. The highest BCUT2D eigenvalue weighted by Crippen LogP contribution is 2.06. The van der Waals surface area contributed by atoms with E-state index in [-0.39, 0.29) is 5.56 Å². The number of fused-ring (bicyclic) bond motifs is 1. The number of imidazole rings is 1. The van der Waals surface area contributed by atoms with Crippen LogP contribution in [0.4, 0.5) is 0 Å². The summed E-state index contributed by atoms with van der Waals surface area (Å²) in [6.45, 7) is 2.01. The molecule has 0 bridgehead atoms. The molecule has 2 heterocycles. The number of nitrogens with zero attached hydrogens (tertiary/aromatic N) is 3. The number of hydrogen-bond donors (Lipinski definition) is 0. The van der Waals surface area contributed by atoms with E-state index in [4.69, 9.17) is 4.74 Å². The van der Waals surface area contributed by atoms with Crippen LogP contribution in [-0.2, 0) is 4.74 Å². The number of rotatable bonds is 3. The Morgan fingerprint density at radius 1 is 1.50 bits per heavy atom. The van der Waals surface area contributed by atoms with Crippen LogP contribution in [0.2, 0.25) is 0 Å². The van der Waals surface area contributed by atoms with Gasteiger partial charge in [0.05, 0.1) is 18.4 Å². The molecule has 0 fully saturated rings. The Morgan fingerprint density at radius 3 is 2.94 bits per heavy atom. The first kappa shape index (κ1) is 10.3. The van der Waals surface area contributed by atoms with E-state index in [1.54, 1.807) is 6.92 Å². The summed E-state index contributed by atoms with van der Waals surface area (Å²) in [7, 11) is 0. The minimum atomic E-state index is -0.470. The van der Waals surface area contributed by atoms with Crippen molar-refractivity contribution in [3.63, 3.8) is 0 Å². The first-order valence-electron chi connectivity index (χ1n) is 4.71. The van der Waals surface area contributed by atoms with E-state index in [0.29, 0.717) is 24.4 Å². The smallest absolute Gasteiger partial charge is 0.341 e. The van der Waals surface area contributed by atoms with Crippen molar-refractivity contribution in [1.29, 1.82) is 0 Å². The van der Waals surface area contributed by atoms with E-state index < -0.39 is 5.97 Å². The molecule has 0 spiro atoms. The lowest BCUT2D eigenvalue weighted by Crippen LogP contribution is -2.07. The van der Waals surface area contributed by atoms with Crippen LogP contribution in [0.15, 0.2) is 18.6 Å². The maximum absolute atomic E-state index is 11.4. The molecule has 0 amide bonds. The van der Waals surface area contributed by atoms with E-state index in [2.05, 4.69) is 9.97 Å². The van der Waals surface area contributed by atoms with Crippen LogP contribution in [-0.4, -0.2) is 33.2 Å². The van der Waals surface area contributed by atoms with Gasteiger partial charge in [0.15, 0.2) is 6.29 Å². The van der Waals surface area contributed by atoms with Gasteiger partial charge in [-0.25, -0.2) is 14.8 Å². The van der Waals surface area contributed by atoms with E-state index in [9.17, 15) is 9.59 Å². The van der Waals surface area contributed by atoms with Gasteiger partial charge in [-0.2, -0.15) is 0 Å². The zero-order valence-electron chi connectivity index (χ0n) is 8.58. The van der Waals surface area contributed by atoms with E-state index in [1.165, 1.54) is 23.0 Å². The third-order valence-corrected chi connectivity index (χ3v) is 2.03. The summed E-state index contributed by atoms with van der Waals surface area (Å²) in [6.07, 6.45) is 4.90. The number of aromatic nitrogens is 3. The SMILES string of the molecule is CCOC(=O)c1cnc2ncc(C=O)n2c1. The number of ether oxygens (including phenoxy) is 1. The Balaban J connectivity index is 2.49. The largest absolute Gasteiger partial charge is 0.462 e. The minimum Gasteiger partial charge on any atom is -0.462 e. The maximum Gasteiger partial charge on any atom is 0.341 e. The molecule has 0 atom stereocenters. The molecule has 16 heavy (non-hydrogen) atoms. The first-order chi connectivity index (χ1) is 7.76. The molecule has 0 aromatic carbocycles. The highest BCUT2D eigenvalue weighted by Gasteiger charge is 2.10. The van der Waals surface area contributed by atoms with Crippen molar-refractivity contribution in [1.82, 2.24) is 14.4 Å². The minimum absolute atomic E-state index is 0.287. The molecule has 6 nitrogen and oxygen atoms in total. The maximum atomic E-state index is 11.4. The molecule has 2 rings (SSSR count). The van der Waals surface area contributed by atoms with Gasteiger partial charge >= 0.3 is 5.97 Å². The normalized spacial score (nSPS) is 10.3. The highest BCUT2D eigenvalue weighted by atomic mass is 16.5. The van der Waals surface area contributed by atoms with Gasteiger partial charge in [-0.15, -0.1) is 0 Å². The molecule has 2 aromatic rings. The Hall–Kier alpha value is -2.24. The van der Waals surface area contributed by atoms with Crippen molar-refractivity contribution in [2.75, 3.05) is 6.61 Å². The van der Waals surface area contributed by atoms with Crippen LogP contribution in [0.5, 0.6) is 0 Å². The Labute approximate surface area is 90.9 Å². The fourth-order valence-electron chi connectivity index (χ4n) is 1.30. The molecular weight excluding hydrogens is 210 g/mol. The molecule has 6 heteroatoms. The lowest BCUT2D eigenvalue weighted by Gasteiger charge is -2.01.